The number of hydrogen-bond acceptors (Lipinski definition) is 7. The summed E-state index contributed by atoms with van der Waals surface area (Å²) in [6.45, 7) is 4.41. The van der Waals surface area contributed by atoms with Crippen LogP contribution >= 0.6 is 11.3 Å². The summed E-state index contributed by atoms with van der Waals surface area (Å²) in [6, 6.07) is 11.5. The molecule has 0 saturated carbocycles. The summed E-state index contributed by atoms with van der Waals surface area (Å²) in [4.78, 5) is 19.1. The van der Waals surface area contributed by atoms with Crippen LogP contribution < -0.4 is 16.0 Å². The maximum absolute atomic E-state index is 14.8. The van der Waals surface area contributed by atoms with E-state index in [4.69, 9.17) is 5.73 Å². The van der Waals surface area contributed by atoms with Gasteiger partial charge in [-0.2, -0.15) is 0 Å². The van der Waals surface area contributed by atoms with E-state index in [1.54, 1.807) is 38.1 Å². The molecule has 1 saturated heterocycles. The van der Waals surface area contributed by atoms with Crippen LogP contribution in [0, 0.1) is 5.82 Å². The second-order valence-electron chi connectivity index (χ2n) is 8.37. The number of aliphatic hydroxyl groups excluding tert-OH is 1. The third-order valence-electron chi connectivity index (χ3n) is 5.40. The van der Waals surface area contributed by atoms with Crippen LogP contribution in [0.3, 0.4) is 0 Å². The highest BCUT2D eigenvalue weighted by molar-refractivity contribution is 7.19. The van der Waals surface area contributed by atoms with Crippen molar-refractivity contribution in [2.45, 2.75) is 32.0 Å². The van der Waals surface area contributed by atoms with Gasteiger partial charge in [-0.3, -0.25) is 4.79 Å². The van der Waals surface area contributed by atoms with Crippen LogP contribution in [0.1, 0.15) is 36.2 Å². The van der Waals surface area contributed by atoms with Crippen molar-refractivity contribution in [3.63, 3.8) is 0 Å². The first kappa shape index (κ1) is 22.2. The number of anilines is 3. The third-order valence-corrected chi connectivity index (χ3v) is 6.49. The van der Waals surface area contributed by atoms with E-state index in [0.717, 1.165) is 5.82 Å². The fraction of sp³-hybridized carbons (Fsp3) is 0.304. The van der Waals surface area contributed by atoms with Gasteiger partial charge in [-0.1, -0.05) is 18.2 Å². The second-order valence-corrected chi connectivity index (χ2v) is 9.42. The van der Waals surface area contributed by atoms with Crippen molar-refractivity contribution < 1.29 is 19.4 Å². The predicted octanol–water partition coefficient (Wildman–Crippen LogP) is 3.59. The Hall–Kier alpha value is -3.01. The quantitative estimate of drug-likeness (QED) is 0.451. The van der Waals surface area contributed by atoms with Gasteiger partial charge in [0.25, 0.3) is 5.91 Å². The lowest BCUT2D eigenvalue weighted by Crippen LogP contribution is -2.22. The van der Waals surface area contributed by atoms with Crippen LogP contribution in [0.5, 0.6) is 0 Å². The van der Waals surface area contributed by atoms with Gasteiger partial charge in [0.1, 0.15) is 22.5 Å². The first-order chi connectivity index (χ1) is 15.1. The van der Waals surface area contributed by atoms with Crippen LogP contribution in [0.15, 0.2) is 42.5 Å². The Morgan fingerprint density at radius 2 is 2.09 bits per heavy atom. The summed E-state index contributed by atoms with van der Waals surface area (Å²) >= 11 is 1.19. The number of nitrogens with two attached hydrogens (primary N) is 1. The molecule has 2 aromatic heterocycles. The molecule has 32 heavy (non-hydrogen) atoms. The molecule has 5 N–H and O–H groups in total. The molecule has 168 valence electrons. The Balaban J connectivity index is 1.64. The number of pyridine rings is 1. The molecule has 3 aromatic rings. The first-order valence-electron chi connectivity index (χ1n) is 10.3. The highest BCUT2D eigenvalue weighted by Crippen LogP contribution is 2.39. The van der Waals surface area contributed by atoms with Crippen LogP contribution in [-0.4, -0.2) is 40.3 Å². The SMILES string of the molecule is CC(C)(O)c1ccc(-c2cc(C(N)=O)c(Nc3cccc(N4CCC(O)C4)n3)s2)c(F)c1. The molecule has 1 aliphatic heterocycles. The monoisotopic (exact) mass is 456 g/mol. The zero-order valence-electron chi connectivity index (χ0n) is 17.8. The number of hydrogen-bond donors (Lipinski definition) is 4. The average Bonchev–Trinajstić information content (AvgIpc) is 3.34. The number of β-amino-alcohol motifs (C(OH)–C–C–N with tert-alkyl or cyclic N) is 1. The standard InChI is InChI=1S/C23H25FN4O3S/c1-23(2,31)13-6-7-15(17(24)10-13)18-11-16(21(25)30)22(32-18)27-19-4-3-5-20(26-19)28-9-8-14(29)12-28/h3-7,10-11,14,29,31H,8-9,12H2,1-2H3,(H2,25,30)(H,26,27). The fourth-order valence-corrected chi connectivity index (χ4v) is 4.73. The van der Waals surface area contributed by atoms with Gasteiger partial charge >= 0.3 is 0 Å². The van der Waals surface area contributed by atoms with Crippen molar-refractivity contribution in [3.05, 3.63) is 59.4 Å². The van der Waals surface area contributed by atoms with E-state index in [9.17, 15) is 19.4 Å². The van der Waals surface area contributed by atoms with E-state index in [1.165, 1.54) is 17.4 Å². The molecule has 4 rings (SSSR count). The largest absolute Gasteiger partial charge is 0.391 e. The minimum absolute atomic E-state index is 0.236. The summed E-state index contributed by atoms with van der Waals surface area (Å²) in [5.41, 5.74) is 5.41. The number of thiophene rings is 1. The number of aliphatic hydroxyl groups is 2. The van der Waals surface area contributed by atoms with Crippen LogP contribution in [0.2, 0.25) is 0 Å². The Morgan fingerprint density at radius 3 is 2.72 bits per heavy atom. The van der Waals surface area contributed by atoms with Crippen molar-refractivity contribution in [3.8, 4) is 10.4 Å². The van der Waals surface area contributed by atoms with E-state index >= 15 is 0 Å². The number of halogens is 1. The number of amides is 1. The Kier molecular flexibility index (Phi) is 5.89. The van der Waals surface area contributed by atoms with Gasteiger partial charge in [0, 0.05) is 23.5 Å². The summed E-state index contributed by atoms with van der Waals surface area (Å²) in [5, 5.41) is 23.5. The van der Waals surface area contributed by atoms with E-state index in [1.807, 2.05) is 17.0 Å². The minimum atomic E-state index is -1.16. The molecular formula is C23H25FN4O3S. The number of aromatic nitrogens is 1. The molecule has 1 aliphatic rings. The average molecular weight is 457 g/mol. The van der Waals surface area contributed by atoms with E-state index in [-0.39, 0.29) is 11.7 Å². The number of benzene rings is 1. The Morgan fingerprint density at radius 1 is 1.31 bits per heavy atom. The van der Waals surface area contributed by atoms with Gasteiger partial charge in [0.2, 0.25) is 0 Å². The van der Waals surface area contributed by atoms with E-state index < -0.39 is 17.3 Å². The maximum atomic E-state index is 14.8. The molecule has 7 nitrogen and oxygen atoms in total. The van der Waals surface area contributed by atoms with Gasteiger partial charge in [0.05, 0.1) is 17.3 Å². The highest BCUT2D eigenvalue weighted by atomic mass is 32.1. The number of nitrogens with zero attached hydrogens (tertiary/aromatic N) is 2. The third kappa shape index (κ3) is 4.59. The van der Waals surface area contributed by atoms with Crippen molar-refractivity contribution in [1.29, 1.82) is 0 Å². The zero-order valence-corrected chi connectivity index (χ0v) is 18.6. The molecule has 9 heteroatoms. The van der Waals surface area contributed by atoms with Crippen molar-refractivity contribution in [2.75, 3.05) is 23.3 Å². The molecule has 3 heterocycles. The minimum Gasteiger partial charge on any atom is -0.391 e. The normalized spacial score (nSPS) is 16.4. The number of nitrogens with one attached hydrogen (secondary N) is 1. The molecular weight excluding hydrogens is 431 g/mol. The van der Waals surface area contributed by atoms with Crippen LogP contribution in [0.4, 0.5) is 21.0 Å². The Bertz CT molecular complexity index is 1160. The number of carbonyl (C=O) groups excluding carboxylic acids is 1. The number of carbonyl (C=O) groups is 1. The molecule has 1 unspecified atom stereocenters. The van der Waals surface area contributed by atoms with Gasteiger partial charge in [-0.25, -0.2) is 9.37 Å². The summed E-state index contributed by atoms with van der Waals surface area (Å²) in [6.07, 6.45) is 0.324. The molecule has 0 radical (unpaired) electrons. The van der Waals surface area contributed by atoms with Crippen molar-refractivity contribution in [1.82, 2.24) is 4.98 Å². The summed E-state index contributed by atoms with van der Waals surface area (Å²) in [7, 11) is 0. The van der Waals surface area contributed by atoms with Gasteiger partial charge in [-0.15, -0.1) is 11.3 Å². The van der Waals surface area contributed by atoms with Crippen molar-refractivity contribution in [2.24, 2.45) is 5.73 Å². The Labute approximate surface area is 189 Å². The molecule has 1 atom stereocenters. The fourth-order valence-electron chi connectivity index (χ4n) is 3.63. The smallest absolute Gasteiger partial charge is 0.251 e. The topological polar surface area (TPSA) is 112 Å². The molecule has 1 fully saturated rings. The van der Waals surface area contributed by atoms with Gasteiger partial charge < -0.3 is 26.2 Å². The lowest BCUT2D eigenvalue weighted by Gasteiger charge is -2.18. The van der Waals surface area contributed by atoms with Gasteiger partial charge in [-0.05, 0) is 50.1 Å². The molecule has 1 amide bonds. The van der Waals surface area contributed by atoms with E-state index in [0.29, 0.717) is 46.3 Å². The number of rotatable bonds is 6. The molecule has 0 bridgehead atoms. The number of primary amides is 1. The van der Waals surface area contributed by atoms with Crippen molar-refractivity contribution >= 4 is 33.9 Å². The predicted molar refractivity (Wildman–Crippen MR) is 124 cm³/mol. The summed E-state index contributed by atoms with van der Waals surface area (Å²) in [5.74, 6) is 0.0957. The molecule has 0 spiro atoms. The zero-order chi connectivity index (χ0) is 23.0. The highest BCUT2D eigenvalue weighted by Gasteiger charge is 2.23. The maximum Gasteiger partial charge on any atom is 0.251 e. The van der Waals surface area contributed by atoms with Crippen LogP contribution in [-0.2, 0) is 5.60 Å². The second kappa shape index (κ2) is 8.50. The summed E-state index contributed by atoms with van der Waals surface area (Å²) < 4.78 is 14.8. The molecule has 0 aliphatic carbocycles. The first-order valence-corrected chi connectivity index (χ1v) is 11.1. The van der Waals surface area contributed by atoms with Crippen LogP contribution in [0.25, 0.3) is 10.4 Å². The lowest BCUT2D eigenvalue weighted by molar-refractivity contribution is 0.0782. The van der Waals surface area contributed by atoms with E-state index in [2.05, 4.69) is 10.3 Å². The molecule has 1 aromatic carbocycles. The van der Waals surface area contributed by atoms with Gasteiger partial charge in [0.15, 0.2) is 0 Å². The lowest BCUT2D eigenvalue weighted by atomic mass is 9.96.